The summed E-state index contributed by atoms with van der Waals surface area (Å²) in [5.41, 5.74) is 4.19. The molecule has 0 saturated carbocycles. The van der Waals surface area contributed by atoms with Gasteiger partial charge in [-0.15, -0.1) is 0 Å². The third-order valence-corrected chi connectivity index (χ3v) is 6.08. The van der Waals surface area contributed by atoms with E-state index in [2.05, 4.69) is 0 Å². The maximum atomic E-state index is 13.4. The molecule has 2 aromatic rings. The van der Waals surface area contributed by atoms with E-state index in [9.17, 15) is 9.59 Å². The number of aryl methyl sites for hydroxylation is 1. The van der Waals surface area contributed by atoms with Gasteiger partial charge in [-0.05, 0) is 38.0 Å². The molecule has 2 aliphatic rings. The second kappa shape index (κ2) is 8.46. The number of carbonyl (C=O) groups excluding carboxylic acids is 2. The van der Waals surface area contributed by atoms with Crippen LogP contribution in [0.2, 0.25) is 0 Å². The van der Waals surface area contributed by atoms with Gasteiger partial charge in [-0.1, -0.05) is 23.8 Å². The number of nitrogens with zero attached hydrogens (tertiary/aromatic N) is 1. The van der Waals surface area contributed by atoms with Crippen LogP contribution in [0.4, 0.5) is 5.69 Å². The number of Topliss-reactive ketones (excluding diaryl/α,β-unsaturated/α-hetero) is 1. The normalized spacial score (nSPS) is 18.7. The number of carbonyl (C=O) groups is 2. The number of methoxy groups -OCH3 is 3. The predicted octanol–water partition coefficient (Wildman–Crippen LogP) is 4.55. The van der Waals surface area contributed by atoms with Crippen LogP contribution in [-0.2, 0) is 9.59 Å². The summed E-state index contributed by atoms with van der Waals surface area (Å²) in [6.07, 6.45) is 2.10. The summed E-state index contributed by atoms with van der Waals surface area (Å²) in [5.74, 6) is 1.17. The van der Waals surface area contributed by atoms with Crippen LogP contribution in [0.1, 0.15) is 42.7 Å². The fraction of sp³-hybridized carbons (Fsp3) is 0.360. The number of allylic oxidation sites excluding steroid dienone is 2. The van der Waals surface area contributed by atoms with Gasteiger partial charge >= 0.3 is 0 Å². The lowest BCUT2D eigenvalue weighted by molar-refractivity contribution is -0.119. The molecule has 6 heteroatoms. The van der Waals surface area contributed by atoms with Gasteiger partial charge < -0.3 is 14.2 Å². The minimum atomic E-state index is -0.383. The van der Waals surface area contributed by atoms with Gasteiger partial charge in [0.25, 0.3) is 0 Å². The highest BCUT2D eigenvalue weighted by atomic mass is 16.5. The van der Waals surface area contributed by atoms with Gasteiger partial charge in [-0.25, -0.2) is 0 Å². The average molecular weight is 421 g/mol. The number of ketones is 1. The molecule has 1 aliphatic carbocycles. The maximum Gasteiger partial charge on any atom is 0.232 e. The summed E-state index contributed by atoms with van der Waals surface area (Å²) in [7, 11) is 4.67. The van der Waals surface area contributed by atoms with Gasteiger partial charge in [0.2, 0.25) is 11.7 Å². The molecule has 162 valence electrons. The van der Waals surface area contributed by atoms with Crippen molar-refractivity contribution in [2.75, 3.05) is 26.2 Å². The Labute approximate surface area is 182 Å². The van der Waals surface area contributed by atoms with Crippen LogP contribution in [0, 0.1) is 6.92 Å². The zero-order valence-electron chi connectivity index (χ0n) is 18.4. The Hall–Kier alpha value is -3.28. The van der Waals surface area contributed by atoms with E-state index in [1.54, 1.807) is 32.3 Å². The van der Waals surface area contributed by atoms with Crippen LogP contribution in [0.3, 0.4) is 0 Å². The molecular formula is C25H27NO5. The minimum absolute atomic E-state index is 0.0286. The van der Waals surface area contributed by atoms with Crippen LogP contribution in [-0.4, -0.2) is 33.0 Å². The van der Waals surface area contributed by atoms with Crippen LogP contribution in [0.25, 0.3) is 0 Å². The molecular weight excluding hydrogens is 394 g/mol. The number of amides is 1. The van der Waals surface area contributed by atoms with E-state index in [1.165, 1.54) is 0 Å². The van der Waals surface area contributed by atoms with Gasteiger partial charge in [0.1, 0.15) is 0 Å². The first-order chi connectivity index (χ1) is 15.0. The van der Waals surface area contributed by atoms with Gasteiger partial charge in [0.05, 0.1) is 21.3 Å². The van der Waals surface area contributed by atoms with E-state index in [4.69, 9.17) is 14.2 Å². The van der Waals surface area contributed by atoms with Gasteiger partial charge in [0.15, 0.2) is 17.3 Å². The second-order valence-corrected chi connectivity index (χ2v) is 7.88. The smallest absolute Gasteiger partial charge is 0.232 e. The van der Waals surface area contributed by atoms with Crippen molar-refractivity contribution in [1.29, 1.82) is 0 Å². The Kier molecular flexibility index (Phi) is 5.72. The van der Waals surface area contributed by atoms with Crippen molar-refractivity contribution in [3.63, 3.8) is 0 Å². The molecule has 1 atom stereocenters. The Morgan fingerprint density at radius 3 is 2.23 bits per heavy atom. The van der Waals surface area contributed by atoms with Gasteiger partial charge in [-0.2, -0.15) is 0 Å². The van der Waals surface area contributed by atoms with Crippen molar-refractivity contribution in [2.45, 2.75) is 38.5 Å². The fourth-order valence-electron chi connectivity index (χ4n) is 4.65. The molecule has 1 amide bonds. The van der Waals surface area contributed by atoms with Crippen molar-refractivity contribution in [3.8, 4) is 17.2 Å². The third-order valence-electron chi connectivity index (χ3n) is 6.08. The van der Waals surface area contributed by atoms with Gasteiger partial charge in [-0.3, -0.25) is 14.5 Å². The quantitative estimate of drug-likeness (QED) is 0.709. The molecule has 0 fully saturated rings. The lowest BCUT2D eigenvalue weighted by atomic mass is 9.76. The topological polar surface area (TPSA) is 65.1 Å². The summed E-state index contributed by atoms with van der Waals surface area (Å²) >= 11 is 0. The number of benzene rings is 2. The van der Waals surface area contributed by atoms with Crippen LogP contribution < -0.4 is 19.1 Å². The lowest BCUT2D eigenvalue weighted by Crippen LogP contribution is -2.40. The number of hydrogen-bond acceptors (Lipinski definition) is 5. The summed E-state index contributed by atoms with van der Waals surface area (Å²) in [5, 5.41) is 0. The molecule has 0 saturated heterocycles. The molecule has 0 aromatic heterocycles. The maximum absolute atomic E-state index is 13.4. The number of rotatable bonds is 5. The lowest BCUT2D eigenvalue weighted by Gasteiger charge is -2.38. The molecule has 0 bridgehead atoms. The van der Waals surface area contributed by atoms with E-state index < -0.39 is 0 Å². The van der Waals surface area contributed by atoms with Crippen molar-refractivity contribution < 1.29 is 23.8 Å². The first-order valence-electron chi connectivity index (χ1n) is 10.4. The number of anilines is 1. The SMILES string of the molecule is COc1ccc([C@H]2CC(=O)N(c3ccc(C)cc3)C3=C2C(=O)CCC3)c(OC)c1OC. The van der Waals surface area contributed by atoms with Crippen molar-refractivity contribution in [2.24, 2.45) is 0 Å². The van der Waals surface area contributed by atoms with Crippen molar-refractivity contribution in [3.05, 3.63) is 58.8 Å². The number of hydrogen-bond donors (Lipinski definition) is 0. The summed E-state index contributed by atoms with van der Waals surface area (Å²) in [6.45, 7) is 2.01. The largest absolute Gasteiger partial charge is 0.493 e. The predicted molar refractivity (Wildman–Crippen MR) is 118 cm³/mol. The van der Waals surface area contributed by atoms with E-state index >= 15 is 0 Å². The molecule has 0 unspecified atom stereocenters. The van der Waals surface area contributed by atoms with Crippen LogP contribution in [0.5, 0.6) is 17.2 Å². The molecule has 0 N–H and O–H groups in total. The van der Waals surface area contributed by atoms with E-state index in [-0.39, 0.29) is 24.0 Å². The summed E-state index contributed by atoms with van der Waals surface area (Å²) in [4.78, 5) is 28.3. The Morgan fingerprint density at radius 1 is 0.871 bits per heavy atom. The highest BCUT2D eigenvalue weighted by Gasteiger charge is 2.41. The first-order valence-corrected chi connectivity index (χ1v) is 10.4. The van der Waals surface area contributed by atoms with E-state index in [0.717, 1.165) is 28.9 Å². The molecule has 0 spiro atoms. The highest BCUT2D eigenvalue weighted by Crippen LogP contribution is 2.49. The minimum Gasteiger partial charge on any atom is -0.493 e. The van der Waals surface area contributed by atoms with E-state index in [0.29, 0.717) is 35.7 Å². The Balaban J connectivity index is 1.89. The van der Waals surface area contributed by atoms with Crippen molar-refractivity contribution >= 4 is 17.4 Å². The van der Waals surface area contributed by atoms with Crippen molar-refractivity contribution in [1.82, 2.24) is 0 Å². The first kappa shape index (κ1) is 21.0. The molecule has 4 rings (SSSR count). The fourth-order valence-corrected chi connectivity index (χ4v) is 4.65. The Morgan fingerprint density at radius 2 is 1.58 bits per heavy atom. The Bertz CT molecular complexity index is 1050. The average Bonchev–Trinajstić information content (AvgIpc) is 2.78. The van der Waals surface area contributed by atoms with Crippen LogP contribution in [0.15, 0.2) is 47.7 Å². The second-order valence-electron chi connectivity index (χ2n) is 7.88. The summed E-state index contributed by atoms with van der Waals surface area (Å²) in [6, 6.07) is 11.5. The molecule has 1 heterocycles. The van der Waals surface area contributed by atoms with Crippen LogP contribution >= 0.6 is 0 Å². The zero-order chi connectivity index (χ0) is 22.1. The highest BCUT2D eigenvalue weighted by molar-refractivity contribution is 6.07. The molecule has 1 aliphatic heterocycles. The molecule has 6 nitrogen and oxygen atoms in total. The molecule has 31 heavy (non-hydrogen) atoms. The van der Waals surface area contributed by atoms with E-state index in [1.807, 2.05) is 37.3 Å². The monoisotopic (exact) mass is 421 g/mol. The molecule has 0 radical (unpaired) electrons. The zero-order valence-corrected chi connectivity index (χ0v) is 18.4. The van der Waals surface area contributed by atoms with Gasteiger partial charge in [0, 0.05) is 41.3 Å². The third kappa shape index (κ3) is 3.56. The number of ether oxygens (including phenoxy) is 3. The summed E-state index contributed by atoms with van der Waals surface area (Å²) < 4.78 is 16.6. The molecule has 2 aromatic carbocycles. The standard InChI is InChI=1S/C25H27NO5/c1-15-8-10-16(11-9-15)26-19-6-5-7-20(27)23(19)18(14-22(26)28)17-12-13-21(29-2)25(31-4)24(17)30-3/h8-13,18H,5-7,14H2,1-4H3/t18-/m1/s1.